The van der Waals surface area contributed by atoms with Crippen LogP contribution in [0.3, 0.4) is 0 Å². The molecule has 1 heterocycles. The molecule has 14 heavy (non-hydrogen) atoms. The molecule has 1 saturated heterocycles. The predicted molar refractivity (Wildman–Crippen MR) is 50.9 cm³/mol. The lowest BCUT2D eigenvalue weighted by Crippen LogP contribution is -2.64. The third kappa shape index (κ3) is 1.71. The first-order valence-electron chi connectivity index (χ1n) is 5.19. The summed E-state index contributed by atoms with van der Waals surface area (Å²) in [7, 11) is 0. The molecule has 0 atom stereocenters. The van der Waals surface area contributed by atoms with E-state index in [2.05, 4.69) is 0 Å². The van der Waals surface area contributed by atoms with Gasteiger partial charge in [0.2, 0.25) is 0 Å². The molecule has 0 aromatic heterocycles. The first kappa shape index (κ1) is 9.77. The van der Waals surface area contributed by atoms with Crippen molar-refractivity contribution in [1.82, 2.24) is 4.90 Å². The maximum absolute atomic E-state index is 11.4. The number of aliphatic hydroxyl groups is 1. The second-order valence-corrected chi connectivity index (χ2v) is 4.67. The topological polar surface area (TPSA) is 49.8 Å². The van der Waals surface area contributed by atoms with Crippen molar-refractivity contribution in [2.45, 2.75) is 38.4 Å². The first-order chi connectivity index (χ1) is 6.51. The number of ether oxygens (including phenoxy) is 1. The second-order valence-electron chi connectivity index (χ2n) is 4.67. The van der Waals surface area contributed by atoms with E-state index in [4.69, 9.17) is 4.74 Å². The lowest BCUT2D eigenvalue weighted by Gasteiger charge is -2.46. The zero-order valence-electron chi connectivity index (χ0n) is 8.69. The number of β-amino-alcohol motifs (C(OH)–C–C–N with tert-alkyl or cyclic N) is 1. The van der Waals surface area contributed by atoms with Crippen molar-refractivity contribution in [2.24, 2.45) is 5.92 Å². The van der Waals surface area contributed by atoms with Gasteiger partial charge in [-0.05, 0) is 32.6 Å². The van der Waals surface area contributed by atoms with E-state index in [1.807, 2.05) is 13.8 Å². The number of carbonyl (C=O) groups is 1. The maximum Gasteiger partial charge on any atom is 0.410 e. The van der Waals surface area contributed by atoms with Gasteiger partial charge in [0, 0.05) is 0 Å². The van der Waals surface area contributed by atoms with E-state index in [1.54, 1.807) is 4.90 Å². The molecule has 80 valence electrons. The van der Waals surface area contributed by atoms with Crippen molar-refractivity contribution in [3.05, 3.63) is 0 Å². The van der Waals surface area contributed by atoms with E-state index >= 15 is 0 Å². The van der Waals surface area contributed by atoms with Gasteiger partial charge in [-0.3, -0.25) is 0 Å². The molecule has 0 radical (unpaired) electrons. The van der Waals surface area contributed by atoms with Crippen LogP contribution in [-0.4, -0.2) is 40.9 Å². The van der Waals surface area contributed by atoms with Gasteiger partial charge in [0.25, 0.3) is 0 Å². The molecule has 0 aromatic carbocycles. The van der Waals surface area contributed by atoms with Crippen molar-refractivity contribution in [1.29, 1.82) is 0 Å². The molecule has 2 rings (SSSR count). The molecule has 1 saturated carbocycles. The fraction of sp³-hybridized carbons (Fsp3) is 0.900. The Kier molecular flexibility index (Phi) is 2.18. The highest BCUT2D eigenvalue weighted by atomic mass is 16.6. The SMILES string of the molecule is CC(C)OC(=O)N1CC(O)(C2CC2)C1. The average Bonchev–Trinajstić information content (AvgIpc) is 2.78. The number of amides is 1. The Hall–Kier alpha value is -0.770. The fourth-order valence-corrected chi connectivity index (χ4v) is 1.90. The third-order valence-electron chi connectivity index (χ3n) is 2.86. The molecule has 1 aliphatic carbocycles. The van der Waals surface area contributed by atoms with Gasteiger partial charge in [-0.1, -0.05) is 0 Å². The zero-order valence-corrected chi connectivity index (χ0v) is 8.69. The minimum Gasteiger partial charge on any atom is -0.447 e. The molecule has 2 aliphatic rings. The van der Waals surface area contributed by atoms with Crippen molar-refractivity contribution in [3.63, 3.8) is 0 Å². The van der Waals surface area contributed by atoms with Gasteiger partial charge < -0.3 is 14.7 Å². The number of carbonyl (C=O) groups excluding carboxylic acids is 1. The average molecular weight is 199 g/mol. The smallest absolute Gasteiger partial charge is 0.410 e. The van der Waals surface area contributed by atoms with Gasteiger partial charge in [-0.15, -0.1) is 0 Å². The van der Waals surface area contributed by atoms with Gasteiger partial charge >= 0.3 is 6.09 Å². The Morgan fingerprint density at radius 3 is 2.50 bits per heavy atom. The van der Waals surface area contributed by atoms with Gasteiger partial charge in [0.15, 0.2) is 0 Å². The van der Waals surface area contributed by atoms with E-state index in [9.17, 15) is 9.90 Å². The zero-order chi connectivity index (χ0) is 10.3. The summed E-state index contributed by atoms with van der Waals surface area (Å²) in [5.74, 6) is 0.422. The van der Waals surface area contributed by atoms with Crippen molar-refractivity contribution in [2.75, 3.05) is 13.1 Å². The van der Waals surface area contributed by atoms with E-state index in [0.29, 0.717) is 19.0 Å². The van der Waals surface area contributed by atoms with Crippen LogP contribution in [0.15, 0.2) is 0 Å². The molecule has 1 aliphatic heterocycles. The maximum atomic E-state index is 11.4. The Morgan fingerprint density at radius 2 is 2.07 bits per heavy atom. The summed E-state index contributed by atoms with van der Waals surface area (Å²) in [5.41, 5.74) is -0.601. The van der Waals surface area contributed by atoms with E-state index in [-0.39, 0.29) is 12.2 Å². The van der Waals surface area contributed by atoms with Crippen LogP contribution < -0.4 is 0 Å². The number of rotatable bonds is 2. The lowest BCUT2D eigenvalue weighted by atomic mass is 9.89. The highest BCUT2D eigenvalue weighted by Crippen LogP contribution is 2.44. The Balaban J connectivity index is 1.78. The highest BCUT2D eigenvalue weighted by molar-refractivity contribution is 5.69. The van der Waals surface area contributed by atoms with Crippen molar-refractivity contribution < 1.29 is 14.6 Å². The molecule has 0 aromatic rings. The quantitative estimate of drug-likeness (QED) is 0.721. The van der Waals surface area contributed by atoms with Crippen LogP contribution in [0.4, 0.5) is 4.79 Å². The highest BCUT2D eigenvalue weighted by Gasteiger charge is 2.53. The molecule has 1 N–H and O–H groups in total. The van der Waals surface area contributed by atoms with Crippen LogP contribution in [0.5, 0.6) is 0 Å². The molecule has 0 bridgehead atoms. The molecule has 4 nitrogen and oxygen atoms in total. The number of hydrogen-bond donors (Lipinski definition) is 1. The van der Waals surface area contributed by atoms with Crippen LogP contribution in [0.25, 0.3) is 0 Å². The van der Waals surface area contributed by atoms with Gasteiger partial charge in [0.1, 0.15) is 5.60 Å². The normalized spacial score (nSPS) is 24.7. The molecule has 4 heteroatoms. The molecule has 2 fully saturated rings. The second kappa shape index (κ2) is 3.12. The molecule has 0 unspecified atom stereocenters. The first-order valence-corrected chi connectivity index (χ1v) is 5.19. The third-order valence-corrected chi connectivity index (χ3v) is 2.86. The standard InChI is InChI=1S/C10H17NO3/c1-7(2)14-9(12)11-5-10(13,6-11)8-3-4-8/h7-8,13H,3-6H2,1-2H3. The summed E-state index contributed by atoms with van der Waals surface area (Å²) in [4.78, 5) is 12.9. The predicted octanol–water partition coefficient (Wildman–Crippen LogP) is 0.988. The molecular formula is C10H17NO3. The minimum absolute atomic E-state index is 0.0860. The van der Waals surface area contributed by atoms with Gasteiger partial charge in [-0.2, -0.15) is 0 Å². The Bertz CT molecular complexity index is 242. The number of nitrogens with zero attached hydrogens (tertiary/aromatic N) is 1. The number of likely N-dealkylation sites (tertiary alicyclic amines) is 1. The van der Waals surface area contributed by atoms with Crippen LogP contribution in [-0.2, 0) is 4.74 Å². The summed E-state index contributed by atoms with van der Waals surface area (Å²) < 4.78 is 5.02. The van der Waals surface area contributed by atoms with E-state index in [1.165, 1.54) is 0 Å². The summed E-state index contributed by atoms with van der Waals surface area (Å²) in [6.45, 7) is 4.54. The number of hydrogen-bond acceptors (Lipinski definition) is 3. The summed E-state index contributed by atoms with van der Waals surface area (Å²) in [6.07, 6.45) is 1.81. The van der Waals surface area contributed by atoms with E-state index < -0.39 is 5.60 Å². The van der Waals surface area contributed by atoms with E-state index in [0.717, 1.165) is 12.8 Å². The largest absolute Gasteiger partial charge is 0.447 e. The van der Waals surface area contributed by atoms with Crippen molar-refractivity contribution >= 4 is 6.09 Å². The van der Waals surface area contributed by atoms with Gasteiger partial charge in [-0.25, -0.2) is 4.79 Å². The monoisotopic (exact) mass is 199 g/mol. The van der Waals surface area contributed by atoms with Crippen LogP contribution >= 0.6 is 0 Å². The minimum atomic E-state index is -0.601. The van der Waals surface area contributed by atoms with Crippen LogP contribution in [0, 0.1) is 5.92 Å². The van der Waals surface area contributed by atoms with Crippen LogP contribution in [0.1, 0.15) is 26.7 Å². The Morgan fingerprint density at radius 1 is 1.50 bits per heavy atom. The molecular weight excluding hydrogens is 182 g/mol. The van der Waals surface area contributed by atoms with Crippen LogP contribution in [0.2, 0.25) is 0 Å². The summed E-state index contributed by atoms with van der Waals surface area (Å²) >= 11 is 0. The summed E-state index contributed by atoms with van der Waals surface area (Å²) in [6, 6.07) is 0. The fourth-order valence-electron chi connectivity index (χ4n) is 1.90. The van der Waals surface area contributed by atoms with Gasteiger partial charge in [0.05, 0.1) is 19.2 Å². The molecule has 0 spiro atoms. The van der Waals surface area contributed by atoms with Crippen molar-refractivity contribution in [3.8, 4) is 0 Å². The summed E-state index contributed by atoms with van der Waals surface area (Å²) in [5, 5.41) is 9.95. The Labute approximate surface area is 83.8 Å². The lowest BCUT2D eigenvalue weighted by molar-refractivity contribution is -0.105. The molecule has 1 amide bonds.